The molecule has 0 amide bonds. The van der Waals surface area contributed by atoms with Gasteiger partial charge in [-0.05, 0) is 46.5 Å². The minimum atomic E-state index is -2.34. The quantitative estimate of drug-likeness (QED) is 0.762. The molecule has 1 nitrogen and oxygen atoms in total. The fourth-order valence-corrected chi connectivity index (χ4v) is 9.21. The Balaban J connectivity index is 1.82. The maximum absolute atomic E-state index is 7.16. The molecule has 0 N–H and O–H groups in total. The van der Waals surface area contributed by atoms with Crippen molar-refractivity contribution in [1.29, 1.82) is 0 Å². The topological polar surface area (TPSA) is 9.23 Å². The average molecular weight is 336 g/mol. The van der Waals surface area contributed by atoms with E-state index < -0.39 is 8.32 Å². The third-order valence-corrected chi connectivity index (χ3v) is 10.8. The van der Waals surface area contributed by atoms with Crippen LogP contribution in [0, 0.1) is 18.3 Å². The summed E-state index contributed by atoms with van der Waals surface area (Å²) in [5.41, 5.74) is 0. The van der Waals surface area contributed by atoms with Gasteiger partial charge in [0, 0.05) is 6.10 Å². The summed E-state index contributed by atoms with van der Waals surface area (Å²) >= 11 is 0. The molecular weight excluding hydrogens is 308 g/mol. The van der Waals surface area contributed by atoms with Crippen LogP contribution in [-0.2, 0) is 4.43 Å². The van der Waals surface area contributed by atoms with E-state index in [1.807, 2.05) is 0 Å². The largest absolute Gasteiger partial charge is 0.404 e. The predicted molar refractivity (Wildman–Crippen MR) is 103 cm³/mol. The zero-order valence-electron chi connectivity index (χ0n) is 14.9. The molecule has 2 saturated carbocycles. The Bertz CT molecular complexity index is 639. The maximum atomic E-state index is 7.16. The van der Waals surface area contributed by atoms with Crippen molar-refractivity contribution in [2.24, 2.45) is 11.8 Å². The summed E-state index contributed by atoms with van der Waals surface area (Å²) in [4.78, 5) is 0. The zero-order chi connectivity index (χ0) is 16.8. The number of rotatable bonds is 4. The van der Waals surface area contributed by atoms with Crippen molar-refractivity contribution >= 4 is 18.7 Å². The Hall–Kier alpha value is -1.38. The first-order chi connectivity index (χ1) is 11.5. The number of hydrogen-bond acceptors (Lipinski definition) is 1. The first kappa shape index (κ1) is 16.1. The molecule has 2 aromatic carbocycles. The molecule has 1 radical (unpaired) electrons. The second kappa shape index (κ2) is 5.85. The lowest BCUT2D eigenvalue weighted by Crippen LogP contribution is -2.67. The van der Waals surface area contributed by atoms with Gasteiger partial charge in [-0.15, -0.1) is 0 Å². The van der Waals surface area contributed by atoms with E-state index in [2.05, 4.69) is 87.9 Å². The third-order valence-electron chi connectivity index (χ3n) is 5.73. The molecule has 0 aliphatic heterocycles. The van der Waals surface area contributed by atoms with Gasteiger partial charge in [-0.1, -0.05) is 81.4 Å². The molecule has 2 fully saturated rings. The van der Waals surface area contributed by atoms with Crippen LogP contribution >= 0.6 is 0 Å². The highest BCUT2D eigenvalue weighted by atomic mass is 28.4. The third kappa shape index (κ3) is 2.66. The van der Waals surface area contributed by atoms with Gasteiger partial charge in [0.15, 0.2) is 0 Å². The van der Waals surface area contributed by atoms with E-state index in [4.69, 9.17) is 4.43 Å². The lowest BCUT2D eigenvalue weighted by Gasteiger charge is -2.45. The zero-order valence-corrected chi connectivity index (χ0v) is 15.9. The monoisotopic (exact) mass is 335 g/mol. The van der Waals surface area contributed by atoms with Gasteiger partial charge in [0.25, 0.3) is 8.32 Å². The molecule has 125 valence electrons. The second-order valence-electron chi connectivity index (χ2n) is 8.39. The molecule has 2 heteroatoms. The van der Waals surface area contributed by atoms with Gasteiger partial charge in [-0.25, -0.2) is 0 Å². The minimum Gasteiger partial charge on any atom is -0.404 e. The van der Waals surface area contributed by atoms with E-state index in [9.17, 15) is 0 Å². The molecule has 24 heavy (non-hydrogen) atoms. The molecule has 0 heterocycles. The SMILES string of the molecule is CC(C)(C)[Si](OC1CC2[CH]C2C1)(c1ccccc1)c1ccccc1. The van der Waals surface area contributed by atoms with Gasteiger partial charge in [0.1, 0.15) is 0 Å². The van der Waals surface area contributed by atoms with Crippen LogP contribution in [0.2, 0.25) is 5.04 Å². The van der Waals surface area contributed by atoms with Crippen LogP contribution in [0.3, 0.4) is 0 Å². The van der Waals surface area contributed by atoms with E-state index in [0.29, 0.717) is 6.10 Å². The highest BCUT2D eigenvalue weighted by molar-refractivity contribution is 6.99. The van der Waals surface area contributed by atoms with Crippen LogP contribution in [0.5, 0.6) is 0 Å². The van der Waals surface area contributed by atoms with Crippen molar-refractivity contribution in [3.05, 3.63) is 67.1 Å². The Kier molecular flexibility index (Phi) is 3.93. The standard InChI is InChI=1S/C22H27OSi/c1-22(2,3)24(20-10-6-4-7-11-20,21-12-8-5-9-13-21)23-19-15-17-14-18(17)16-19/h4-14,17-19H,15-16H2,1-3H3. The summed E-state index contributed by atoms with van der Waals surface area (Å²) in [5.74, 6) is 1.65. The summed E-state index contributed by atoms with van der Waals surface area (Å²) in [6.45, 7) is 7.09. The van der Waals surface area contributed by atoms with Crippen molar-refractivity contribution < 1.29 is 4.43 Å². The molecule has 2 atom stereocenters. The average Bonchev–Trinajstić information content (AvgIpc) is 3.19. The highest BCUT2D eigenvalue weighted by Gasteiger charge is 2.55. The molecular formula is C22H27OSi. The molecule has 2 aliphatic rings. The molecule has 2 aliphatic carbocycles. The molecule has 0 bridgehead atoms. The van der Waals surface area contributed by atoms with Gasteiger partial charge in [0.05, 0.1) is 0 Å². The lowest BCUT2D eigenvalue weighted by atomic mass is 10.2. The lowest BCUT2D eigenvalue weighted by molar-refractivity contribution is 0.185. The normalized spacial score (nSPS) is 26.2. The predicted octanol–water partition coefficient (Wildman–Crippen LogP) is 4.18. The van der Waals surface area contributed by atoms with Crippen molar-refractivity contribution in [2.45, 2.75) is 44.8 Å². The molecule has 0 saturated heterocycles. The minimum absolute atomic E-state index is 0.0895. The van der Waals surface area contributed by atoms with E-state index >= 15 is 0 Å². The maximum Gasteiger partial charge on any atom is 0.261 e. The van der Waals surface area contributed by atoms with Gasteiger partial charge in [-0.3, -0.25) is 0 Å². The Labute approximate surface area is 147 Å². The van der Waals surface area contributed by atoms with E-state index in [0.717, 1.165) is 11.8 Å². The van der Waals surface area contributed by atoms with E-state index in [-0.39, 0.29) is 5.04 Å². The fourth-order valence-electron chi connectivity index (χ4n) is 4.50. The van der Waals surface area contributed by atoms with Crippen molar-refractivity contribution in [3.8, 4) is 0 Å². The number of hydrogen-bond donors (Lipinski definition) is 0. The van der Waals surface area contributed by atoms with Gasteiger partial charge in [0.2, 0.25) is 0 Å². The molecule has 0 aromatic heterocycles. The van der Waals surface area contributed by atoms with Gasteiger partial charge < -0.3 is 4.43 Å². The van der Waals surface area contributed by atoms with Crippen molar-refractivity contribution in [1.82, 2.24) is 0 Å². The fraction of sp³-hybridized carbons (Fsp3) is 0.409. The van der Waals surface area contributed by atoms with Crippen LogP contribution in [0.25, 0.3) is 0 Å². The van der Waals surface area contributed by atoms with E-state index in [1.165, 1.54) is 23.2 Å². The van der Waals surface area contributed by atoms with Gasteiger partial charge >= 0.3 is 0 Å². The van der Waals surface area contributed by atoms with Crippen molar-refractivity contribution in [2.75, 3.05) is 0 Å². The summed E-state index contributed by atoms with van der Waals surface area (Å²) in [6, 6.07) is 22.0. The Morgan fingerprint density at radius 3 is 1.67 bits per heavy atom. The Morgan fingerprint density at radius 1 is 0.792 bits per heavy atom. The van der Waals surface area contributed by atoms with E-state index in [1.54, 1.807) is 0 Å². The summed E-state index contributed by atoms with van der Waals surface area (Å²) in [5, 5.41) is 2.88. The summed E-state index contributed by atoms with van der Waals surface area (Å²) < 4.78 is 7.16. The highest BCUT2D eigenvalue weighted by Crippen LogP contribution is 2.53. The molecule has 2 aromatic rings. The second-order valence-corrected chi connectivity index (χ2v) is 12.6. The number of benzene rings is 2. The number of fused-ring (bicyclic) bond motifs is 1. The summed E-state index contributed by atoms with van der Waals surface area (Å²) in [7, 11) is -2.34. The molecule has 4 rings (SSSR count). The van der Waals surface area contributed by atoms with Crippen LogP contribution in [0.4, 0.5) is 0 Å². The van der Waals surface area contributed by atoms with Crippen LogP contribution < -0.4 is 10.4 Å². The smallest absolute Gasteiger partial charge is 0.261 e. The molecule has 2 unspecified atom stereocenters. The van der Waals surface area contributed by atoms with Crippen LogP contribution in [-0.4, -0.2) is 14.4 Å². The summed E-state index contributed by atoms with van der Waals surface area (Å²) in [6.07, 6.45) is 5.34. The Morgan fingerprint density at radius 2 is 1.25 bits per heavy atom. The van der Waals surface area contributed by atoms with Crippen molar-refractivity contribution in [3.63, 3.8) is 0 Å². The van der Waals surface area contributed by atoms with Crippen LogP contribution in [0.1, 0.15) is 33.6 Å². The first-order valence-corrected chi connectivity index (χ1v) is 11.1. The van der Waals surface area contributed by atoms with Gasteiger partial charge in [-0.2, -0.15) is 0 Å². The van der Waals surface area contributed by atoms with Crippen LogP contribution in [0.15, 0.2) is 60.7 Å². The molecule has 0 spiro atoms. The first-order valence-electron chi connectivity index (χ1n) is 9.14.